The Balaban J connectivity index is 1.99. The molecule has 3 aromatic rings. The SMILES string of the molecule is O=C(Nc1nc(-c2ccccc2)ccc1[N+](=O)[O-])c1cn[nH]c1. The first kappa shape index (κ1) is 14.4. The fourth-order valence-corrected chi connectivity index (χ4v) is 2.02. The molecular formula is C15H11N5O3. The first-order valence-electron chi connectivity index (χ1n) is 6.66. The molecule has 2 heterocycles. The van der Waals surface area contributed by atoms with Crippen molar-refractivity contribution in [2.24, 2.45) is 0 Å². The van der Waals surface area contributed by atoms with Crippen molar-refractivity contribution in [2.45, 2.75) is 0 Å². The summed E-state index contributed by atoms with van der Waals surface area (Å²) in [5, 5.41) is 19.8. The average Bonchev–Trinajstić information content (AvgIpc) is 3.10. The number of aromatic nitrogens is 3. The predicted octanol–water partition coefficient (Wildman–Crippen LogP) is 2.63. The molecule has 0 saturated carbocycles. The Bertz CT molecular complexity index is 847. The number of nitrogens with zero attached hydrogens (tertiary/aromatic N) is 3. The number of H-pyrrole nitrogens is 1. The van der Waals surface area contributed by atoms with Gasteiger partial charge < -0.3 is 5.32 Å². The fraction of sp³-hybridized carbons (Fsp3) is 0. The zero-order chi connectivity index (χ0) is 16.2. The van der Waals surface area contributed by atoms with Gasteiger partial charge in [0.05, 0.1) is 22.4 Å². The maximum absolute atomic E-state index is 12.1. The molecule has 8 nitrogen and oxygen atoms in total. The molecule has 0 aliphatic rings. The maximum atomic E-state index is 12.1. The molecule has 0 spiro atoms. The number of nitro groups is 1. The molecule has 2 N–H and O–H groups in total. The van der Waals surface area contributed by atoms with Crippen molar-refractivity contribution < 1.29 is 9.72 Å². The van der Waals surface area contributed by atoms with Gasteiger partial charge in [-0.3, -0.25) is 20.0 Å². The summed E-state index contributed by atoms with van der Waals surface area (Å²) in [7, 11) is 0. The van der Waals surface area contributed by atoms with Gasteiger partial charge in [0.15, 0.2) is 0 Å². The summed E-state index contributed by atoms with van der Waals surface area (Å²) < 4.78 is 0. The van der Waals surface area contributed by atoms with Gasteiger partial charge in [0.1, 0.15) is 0 Å². The van der Waals surface area contributed by atoms with E-state index >= 15 is 0 Å². The lowest BCUT2D eigenvalue weighted by Crippen LogP contribution is -2.14. The Morgan fingerprint density at radius 3 is 2.61 bits per heavy atom. The Morgan fingerprint density at radius 2 is 1.96 bits per heavy atom. The van der Waals surface area contributed by atoms with Crippen LogP contribution >= 0.6 is 0 Å². The van der Waals surface area contributed by atoms with Crippen molar-refractivity contribution in [1.29, 1.82) is 0 Å². The van der Waals surface area contributed by atoms with Gasteiger partial charge in [-0.1, -0.05) is 30.3 Å². The molecule has 2 aromatic heterocycles. The highest BCUT2D eigenvalue weighted by Crippen LogP contribution is 2.27. The van der Waals surface area contributed by atoms with Gasteiger partial charge in [0, 0.05) is 17.8 Å². The molecule has 23 heavy (non-hydrogen) atoms. The van der Waals surface area contributed by atoms with Crippen LogP contribution in [0.4, 0.5) is 11.5 Å². The Morgan fingerprint density at radius 1 is 1.17 bits per heavy atom. The van der Waals surface area contributed by atoms with E-state index in [4.69, 9.17) is 0 Å². The molecule has 0 radical (unpaired) electrons. The van der Waals surface area contributed by atoms with Crippen LogP contribution in [0.3, 0.4) is 0 Å². The normalized spacial score (nSPS) is 10.3. The molecule has 0 unspecified atom stereocenters. The van der Waals surface area contributed by atoms with Gasteiger partial charge in [0.2, 0.25) is 5.82 Å². The summed E-state index contributed by atoms with van der Waals surface area (Å²) in [6, 6.07) is 12.0. The minimum atomic E-state index is -0.591. The van der Waals surface area contributed by atoms with Crippen LogP contribution in [0.1, 0.15) is 10.4 Å². The van der Waals surface area contributed by atoms with Gasteiger partial charge in [-0.25, -0.2) is 4.98 Å². The monoisotopic (exact) mass is 309 g/mol. The summed E-state index contributed by atoms with van der Waals surface area (Å²) in [5.41, 5.74) is 1.30. The standard InChI is InChI=1S/C15H11N5O3/c21-15(11-8-16-17-9-11)19-14-13(20(22)23)7-6-12(18-14)10-4-2-1-3-5-10/h1-9H,(H,16,17)(H,18,19,21). The van der Waals surface area contributed by atoms with E-state index in [1.807, 2.05) is 30.3 Å². The lowest BCUT2D eigenvalue weighted by molar-refractivity contribution is -0.384. The number of anilines is 1. The fourth-order valence-electron chi connectivity index (χ4n) is 2.02. The van der Waals surface area contributed by atoms with Crippen LogP contribution in [-0.2, 0) is 0 Å². The quantitative estimate of drug-likeness (QED) is 0.568. The molecular weight excluding hydrogens is 298 g/mol. The largest absolute Gasteiger partial charge is 0.311 e. The molecule has 3 rings (SSSR count). The maximum Gasteiger partial charge on any atom is 0.311 e. The van der Waals surface area contributed by atoms with Gasteiger partial charge in [-0.2, -0.15) is 5.10 Å². The first-order valence-corrected chi connectivity index (χ1v) is 6.66. The molecule has 1 amide bonds. The summed E-state index contributed by atoms with van der Waals surface area (Å²) >= 11 is 0. The summed E-state index contributed by atoms with van der Waals surface area (Å²) in [6.07, 6.45) is 2.71. The molecule has 0 aliphatic carbocycles. The third kappa shape index (κ3) is 3.05. The number of carbonyl (C=O) groups excluding carboxylic acids is 1. The van der Waals surface area contributed by atoms with Crippen molar-refractivity contribution in [3.8, 4) is 11.3 Å². The Labute approximate surface area is 130 Å². The van der Waals surface area contributed by atoms with E-state index in [-0.39, 0.29) is 17.1 Å². The zero-order valence-electron chi connectivity index (χ0n) is 11.8. The van der Waals surface area contributed by atoms with E-state index in [1.165, 1.54) is 18.5 Å². The zero-order valence-corrected chi connectivity index (χ0v) is 11.8. The Kier molecular flexibility index (Phi) is 3.79. The van der Waals surface area contributed by atoms with Crippen molar-refractivity contribution >= 4 is 17.4 Å². The lowest BCUT2D eigenvalue weighted by atomic mass is 10.1. The highest BCUT2D eigenvalue weighted by atomic mass is 16.6. The van der Waals surface area contributed by atoms with Crippen LogP contribution in [0.5, 0.6) is 0 Å². The highest BCUT2D eigenvalue weighted by molar-refractivity contribution is 6.04. The van der Waals surface area contributed by atoms with Crippen LogP contribution in [-0.4, -0.2) is 26.0 Å². The number of nitrogens with one attached hydrogen (secondary N) is 2. The highest BCUT2D eigenvalue weighted by Gasteiger charge is 2.19. The summed E-state index contributed by atoms with van der Waals surface area (Å²) in [5.74, 6) is -0.637. The number of benzene rings is 1. The van der Waals surface area contributed by atoms with Gasteiger partial charge in [-0.05, 0) is 6.07 Å². The molecule has 8 heteroatoms. The lowest BCUT2D eigenvalue weighted by Gasteiger charge is -2.07. The van der Waals surface area contributed by atoms with Crippen molar-refractivity contribution in [1.82, 2.24) is 15.2 Å². The molecule has 0 saturated heterocycles. The topological polar surface area (TPSA) is 114 Å². The third-order valence-corrected chi connectivity index (χ3v) is 3.13. The van der Waals surface area contributed by atoms with E-state index in [9.17, 15) is 14.9 Å². The second-order valence-corrected chi connectivity index (χ2v) is 4.63. The summed E-state index contributed by atoms with van der Waals surface area (Å²) in [4.78, 5) is 26.8. The van der Waals surface area contributed by atoms with E-state index in [0.717, 1.165) is 5.56 Å². The van der Waals surface area contributed by atoms with Crippen LogP contribution in [0.15, 0.2) is 54.9 Å². The molecule has 0 bridgehead atoms. The van der Waals surface area contributed by atoms with E-state index in [2.05, 4.69) is 20.5 Å². The van der Waals surface area contributed by atoms with E-state index < -0.39 is 10.8 Å². The minimum Gasteiger partial charge on any atom is -0.301 e. The minimum absolute atomic E-state index is 0.109. The van der Waals surface area contributed by atoms with Crippen LogP contribution in [0.25, 0.3) is 11.3 Å². The first-order chi connectivity index (χ1) is 11.1. The molecule has 0 aliphatic heterocycles. The van der Waals surface area contributed by atoms with E-state index in [0.29, 0.717) is 5.69 Å². The number of hydrogen-bond donors (Lipinski definition) is 2. The predicted molar refractivity (Wildman–Crippen MR) is 82.9 cm³/mol. The number of amides is 1. The molecule has 0 atom stereocenters. The van der Waals surface area contributed by atoms with Crippen LogP contribution < -0.4 is 5.32 Å². The second-order valence-electron chi connectivity index (χ2n) is 4.63. The molecule has 1 aromatic carbocycles. The third-order valence-electron chi connectivity index (χ3n) is 3.13. The number of carbonyl (C=O) groups is 1. The van der Waals surface area contributed by atoms with Crippen molar-refractivity contribution in [3.05, 3.63) is 70.5 Å². The number of hydrogen-bond acceptors (Lipinski definition) is 5. The molecule has 0 fully saturated rings. The summed E-state index contributed by atoms with van der Waals surface area (Å²) in [6.45, 7) is 0. The number of aromatic amines is 1. The van der Waals surface area contributed by atoms with Crippen molar-refractivity contribution in [2.75, 3.05) is 5.32 Å². The Hall–Kier alpha value is -3.55. The van der Waals surface area contributed by atoms with Gasteiger partial charge >= 0.3 is 5.69 Å². The van der Waals surface area contributed by atoms with E-state index in [1.54, 1.807) is 6.07 Å². The van der Waals surface area contributed by atoms with Gasteiger partial charge in [-0.15, -0.1) is 0 Å². The smallest absolute Gasteiger partial charge is 0.301 e. The van der Waals surface area contributed by atoms with Crippen LogP contribution in [0.2, 0.25) is 0 Å². The number of pyridine rings is 1. The van der Waals surface area contributed by atoms with Crippen LogP contribution in [0, 0.1) is 10.1 Å². The average molecular weight is 309 g/mol. The second kappa shape index (κ2) is 6.06. The molecule has 114 valence electrons. The number of rotatable bonds is 4. The van der Waals surface area contributed by atoms with Gasteiger partial charge in [0.25, 0.3) is 5.91 Å². The van der Waals surface area contributed by atoms with Crippen molar-refractivity contribution in [3.63, 3.8) is 0 Å².